The fourth-order valence-corrected chi connectivity index (χ4v) is 2.69. The number of aromatic amines is 2. The van der Waals surface area contributed by atoms with E-state index >= 15 is 0 Å². The molecule has 3 rings (SSSR count). The molecule has 0 saturated carbocycles. The van der Waals surface area contributed by atoms with Crippen LogP contribution in [0.4, 0.5) is 0 Å². The second-order valence-corrected chi connectivity index (χ2v) is 5.02. The molecule has 3 heterocycles. The number of nitrogens with zero attached hydrogens (tertiary/aromatic N) is 1. The molecule has 4 atom stereocenters. The van der Waals surface area contributed by atoms with Crippen molar-refractivity contribution in [1.29, 1.82) is 0 Å². The van der Waals surface area contributed by atoms with Crippen LogP contribution in [0.2, 0.25) is 0 Å². The summed E-state index contributed by atoms with van der Waals surface area (Å²) in [6.45, 7) is -0.249. The first kappa shape index (κ1) is 13.3. The molecule has 0 spiro atoms. The summed E-state index contributed by atoms with van der Waals surface area (Å²) in [5.41, 5.74) is 1.45. The van der Waals surface area contributed by atoms with Crippen LogP contribution in [0.15, 0.2) is 17.3 Å². The molecule has 1 fully saturated rings. The lowest BCUT2D eigenvalue weighted by Gasteiger charge is -2.14. The summed E-state index contributed by atoms with van der Waals surface area (Å²) in [4.78, 5) is 21.0. The van der Waals surface area contributed by atoms with E-state index in [1.165, 1.54) is 6.33 Å². The molecule has 20 heavy (non-hydrogen) atoms. The van der Waals surface area contributed by atoms with Gasteiger partial charge in [0.05, 0.1) is 36.7 Å². The van der Waals surface area contributed by atoms with Crippen LogP contribution in [0.25, 0.3) is 11.0 Å². The fourth-order valence-electron chi connectivity index (χ4n) is 2.69. The third-order valence-electron chi connectivity index (χ3n) is 3.79. The van der Waals surface area contributed by atoms with Gasteiger partial charge in [-0.1, -0.05) is 0 Å². The first-order valence-electron chi connectivity index (χ1n) is 6.38. The van der Waals surface area contributed by atoms with E-state index in [0.29, 0.717) is 17.5 Å². The number of hydrogen-bond acceptors (Lipinski definition) is 6. The van der Waals surface area contributed by atoms with Crippen LogP contribution in [0, 0.1) is 0 Å². The van der Waals surface area contributed by atoms with Crippen molar-refractivity contribution in [3.8, 4) is 0 Å². The number of fused-ring (bicyclic) bond motifs is 1. The van der Waals surface area contributed by atoms with Crippen LogP contribution in [0.5, 0.6) is 0 Å². The van der Waals surface area contributed by atoms with Crippen molar-refractivity contribution in [2.24, 2.45) is 0 Å². The van der Waals surface area contributed by atoms with E-state index in [-0.39, 0.29) is 12.2 Å². The van der Waals surface area contributed by atoms with Gasteiger partial charge in [-0.25, -0.2) is 4.98 Å². The smallest absolute Gasteiger partial charge is 0.275 e. The van der Waals surface area contributed by atoms with E-state index in [4.69, 9.17) is 5.11 Å². The van der Waals surface area contributed by atoms with Crippen LogP contribution in [0.1, 0.15) is 5.56 Å². The van der Waals surface area contributed by atoms with Gasteiger partial charge in [0.1, 0.15) is 5.52 Å². The van der Waals surface area contributed by atoms with E-state index in [1.54, 1.807) is 6.20 Å². The normalized spacial score (nSPS) is 30.1. The molecular formula is C12H16N4O4. The molecule has 1 saturated heterocycles. The van der Waals surface area contributed by atoms with Gasteiger partial charge in [0, 0.05) is 12.2 Å². The number of aromatic nitrogens is 3. The molecule has 8 heteroatoms. The summed E-state index contributed by atoms with van der Waals surface area (Å²) >= 11 is 0. The van der Waals surface area contributed by atoms with E-state index in [0.717, 1.165) is 5.56 Å². The van der Waals surface area contributed by atoms with Crippen molar-refractivity contribution in [2.75, 3.05) is 6.61 Å². The maximum absolute atomic E-state index is 11.6. The lowest BCUT2D eigenvalue weighted by atomic mass is 10.0. The monoisotopic (exact) mass is 280 g/mol. The Morgan fingerprint density at radius 1 is 1.20 bits per heavy atom. The highest BCUT2D eigenvalue weighted by molar-refractivity contribution is 5.77. The van der Waals surface area contributed by atoms with Crippen LogP contribution in [0.3, 0.4) is 0 Å². The predicted molar refractivity (Wildman–Crippen MR) is 70.2 cm³/mol. The minimum absolute atomic E-state index is 0.249. The Kier molecular flexibility index (Phi) is 3.30. The maximum Gasteiger partial charge on any atom is 0.275 e. The number of rotatable bonds is 3. The number of nitrogens with one attached hydrogen (secondary N) is 3. The van der Waals surface area contributed by atoms with Crippen molar-refractivity contribution in [1.82, 2.24) is 20.3 Å². The Labute approximate surface area is 113 Å². The van der Waals surface area contributed by atoms with Gasteiger partial charge in [-0.2, -0.15) is 0 Å². The van der Waals surface area contributed by atoms with Crippen LogP contribution in [-0.2, 0) is 6.42 Å². The Bertz CT molecular complexity index is 667. The van der Waals surface area contributed by atoms with Crippen molar-refractivity contribution in [2.45, 2.75) is 30.7 Å². The van der Waals surface area contributed by atoms with Gasteiger partial charge >= 0.3 is 0 Å². The number of aliphatic hydroxyl groups excluding tert-OH is 3. The van der Waals surface area contributed by atoms with E-state index < -0.39 is 24.3 Å². The predicted octanol–water partition coefficient (Wildman–Crippen LogP) is -2.15. The zero-order valence-electron chi connectivity index (χ0n) is 10.6. The molecule has 6 N–H and O–H groups in total. The van der Waals surface area contributed by atoms with Gasteiger partial charge in [-0.05, 0) is 12.0 Å². The molecule has 8 nitrogen and oxygen atoms in total. The lowest BCUT2D eigenvalue weighted by Crippen LogP contribution is -2.37. The van der Waals surface area contributed by atoms with Crippen molar-refractivity contribution in [3.63, 3.8) is 0 Å². The molecule has 1 aliphatic heterocycles. The summed E-state index contributed by atoms with van der Waals surface area (Å²) in [6, 6.07) is -0.946. The first-order valence-corrected chi connectivity index (χ1v) is 6.38. The molecule has 2 aromatic heterocycles. The Morgan fingerprint density at radius 3 is 2.65 bits per heavy atom. The van der Waals surface area contributed by atoms with Gasteiger partial charge in [-0.15, -0.1) is 0 Å². The summed E-state index contributed by atoms with van der Waals surface area (Å²) < 4.78 is 0. The van der Waals surface area contributed by atoms with Gasteiger partial charge < -0.3 is 30.6 Å². The number of hydrogen-bond donors (Lipinski definition) is 6. The fraction of sp³-hybridized carbons (Fsp3) is 0.500. The lowest BCUT2D eigenvalue weighted by molar-refractivity contribution is 0.0197. The SMILES string of the molecule is O=c1[nH]cnc2c(C[C@@H]3N[C@H](CO)[C@@H](O)[C@H]3O)c[nH]c12. The molecule has 0 amide bonds. The van der Waals surface area contributed by atoms with Crippen molar-refractivity contribution < 1.29 is 15.3 Å². The molecule has 0 unspecified atom stereocenters. The average Bonchev–Trinajstić information content (AvgIpc) is 2.97. The van der Waals surface area contributed by atoms with Gasteiger partial charge in [0.15, 0.2) is 0 Å². The highest BCUT2D eigenvalue weighted by Crippen LogP contribution is 2.21. The summed E-state index contributed by atoms with van der Waals surface area (Å²) in [6.07, 6.45) is 1.41. The van der Waals surface area contributed by atoms with Crippen molar-refractivity contribution in [3.05, 3.63) is 28.4 Å². The zero-order chi connectivity index (χ0) is 14.3. The quantitative estimate of drug-likeness (QED) is 0.379. The molecule has 1 aliphatic rings. The van der Waals surface area contributed by atoms with E-state index in [9.17, 15) is 15.0 Å². The Morgan fingerprint density at radius 2 is 1.95 bits per heavy atom. The molecule has 2 aromatic rings. The van der Waals surface area contributed by atoms with Crippen LogP contribution < -0.4 is 10.9 Å². The second kappa shape index (κ2) is 4.98. The first-order chi connectivity index (χ1) is 9.61. The number of aliphatic hydroxyl groups is 3. The molecule has 0 aromatic carbocycles. The Hall–Kier alpha value is -1.74. The summed E-state index contributed by atoms with van der Waals surface area (Å²) in [7, 11) is 0. The standard InChI is InChI=1S/C12H16N4O4/c17-3-7-11(19)10(18)6(16-7)1-5-2-13-9-8(5)14-4-15-12(9)20/h2,4,6-7,10-11,13,16-19H,1,3H2,(H,14,15,20)/t6-,7+,10-,11+/m0/s1. The Balaban J connectivity index is 1.87. The maximum atomic E-state index is 11.6. The highest BCUT2D eigenvalue weighted by atomic mass is 16.3. The third-order valence-corrected chi connectivity index (χ3v) is 3.79. The number of H-pyrrole nitrogens is 2. The van der Waals surface area contributed by atoms with E-state index in [1.807, 2.05) is 0 Å². The minimum Gasteiger partial charge on any atom is -0.395 e. The van der Waals surface area contributed by atoms with Gasteiger partial charge in [-0.3, -0.25) is 4.79 Å². The van der Waals surface area contributed by atoms with Gasteiger partial charge in [0.2, 0.25) is 0 Å². The molecule has 0 aliphatic carbocycles. The summed E-state index contributed by atoms with van der Waals surface area (Å²) in [5.74, 6) is 0. The zero-order valence-corrected chi connectivity index (χ0v) is 10.6. The second-order valence-electron chi connectivity index (χ2n) is 5.02. The molecular weight excluding hydrogens is 264 g/mol. The molecule has 108 valence electrons. The molecule has 0 radical (unpaired) electrons. The largest absolute Gasteiger partial charge is 0.395 e. The van der Waals surface area contributed by atoms with Crippen LogP contribution >= 0.6 is 0 Å². The average molecular weight is 280 g/mol. The molecule has 0 bridgehead atoms. The highest BCUT2D eigenvalue weighted by Gasteiger charge is 2.40. The van der Waals surface area contributed by atoms with E-state index in [2.05, 4.69) is 20.3 Å². The van der Waals surface area contributed by atoms with Crippen LogP contribution in [-0.4, -0.2) is 61.2 Å². The topological polar surface area (TPSA) is 134 Å². The summed E-state index contributed by atoms with van der Waals surface area (Å²) in [5, 5.41) is 31.8. The minimum atomic E-state index is -1.01. The van der Waals surface area contributed by atoms with Crippen molar-refractivity contribution >= 4 is 11.0 Å². The third kappa shape index (κ3) is 2.02. The van der Waals surface area contributed by atoms with Gasteiger partial charge in [0.25, 0.3) is 5.56 Å².